The number of piperidine rings is 1. The van der Waals surface area contributed by atoms with Crippen LogP contribution in [0.25, 0.3) is 0 Å². The molecule has 1 N–H and O–H groups in total. The second kappa shape index (κ2) is 6.53. The number of rotatable bonds is 5. The predicted octanol–water partition coefficient (Wildman–Crippen LogP) is 3.02. The van der Waals surface area contributed by atoms with Crippen molar-refractivity contribution in [1.29, 1.82) is 0 Å². The van der Waals surface area contributed by atoms with Crippen molar-refractivity contribution < 1.29 is 0 Å². The Morgan fingerprint density at radius 2 is 2.35 bits per heavy atom. The summed E-state index contributed by atoms with van der Waals surface area (Å²) >= 11 is 1.83. The first-order valence-electron chi connectivity index (χ1n) is 6.77. The summed E-state index contributed by atoms with van der Waals surface area (Å²) in [6.45, 7) is 9.25. The van der Waals surface area contributed by atoms with Gasteiger partial charge in [-0.15, -0.1) is 0 Å². The van der Waals surface area contributed by atoms with E-state index in [4.69, 9.17) is 0 Å². The molecule has 17 heavy (non-hydrogen) atoms. The molecule has 0 bridgehead atoms. The van der Waals surface area contributed by atoms with Crippen LogP contribution >= 0.6 is 11.3 Å². The zero-order chi connectivity index (χ0) is 12.1. The lowest BCUT2D eigenvalue weighted by Crippen LogP contribution is -2.45. The van der Waals surface area contributed by atoms with Gasteiger partial charge in [-0.05, 0) is 61.2 Å². The van der Waals surface area contributed by atoms with E-state index in [2.05, 4.69) is 34.8 Å². The van der Waals surface area contributed by atoms with Crippen molar-refractivity contribution in [1.82, 2.24) is 10.2 Å². The number of aryl methyl sites for hydroxylation is 1. The predicted molar refractivity (Wildman–Crippen MR) is 75.6 cm³/mol. The van der Waals surface area contributed by atoms with Crippen molar-refractivity contribution in [2.24, 2.45) is 0 Å². The van der Waals surface area contributed by atoms with E-state index in [1.807, 2.05) is 11.3 Å². The van der Waals surface area contributed by atoms with E-state index in [9.17, 15) is 0 Å². The Labute approximate surface area is 109 Å². The molecule has 0 spiro atoms. The van der Waals surface area contributed by atoms with Crippen LogP contribution in [0.15, 0.2) is 10.8 Å². The van der Waals surface area contributed by atoms with Crippen LogP contribution in [0.1, 0.15) is 37.3 Å². The van der Waals surface area contributed by atoms with Crippen LogP contribution in [0.4, 0.5) is 0 Å². The third-order valence-corrected chi connectivity index (χ3v) is 4.45. The molecule has 96 valence electrons. The van der Waals surface area contributed by atoms with Gasteiger partial charge in [-0.2, -0.15) is 11.3 Å². The highest BCUT2D eigenvalue weighted by Gasteiger charge is 2.19. The summed E-state index contributed by atoms with van der Waals surface area (Å²) < 4.78 is 0. The summed E-state index contributed by atoms with van der Waals surface area (Å²) in [5.41, 5.74) is 2.98. The third kappa shape index (κ3) is 3.80. The van der Waals surface area contributed by atoms with Crippen molar-refractivity contribution in [2.75, 3.05) is 19.6 Å². The third-order valence-electron chi connectivity index (χ3n) is 3.54. The zero-order valence-corrected chi connectivity index (χ0v) is 11.9. The summed E-state index contributed by atoms with van der Waals surface area (Å²) in [6.07, 6.45) is 3.92. The van der Waals surface area contributed by atoms with Crippen LogP contribution in [-0.4, -0.2) is 30.6 Å². The molecule has 0 radical (unpaired) electrons. The first-order valence-corrected chi connectivity index (χ1v) is 7.71. The summed E-state index contributed by atoms with van der Waals surface area (Å²) in [5.74, 6) is 0. The number of hydrogen-bond acceptors (Lipinski definition) is 3. The second-order valence-corrected chi connectivity index (χ2v) is 5.85. The van der Waals surface area contributed by atoms with Gasteiger partial charge < -0.3 is 5.32 Å². The number of thiophene rings is 1. The minimum absolute atomic E-state index is 0.711. The van der Waals surface area contributed by atoms with E-state index < -0.39 is 0 Å². The maximum Gasteiger partial charge on any atom is 0.0245 e. The van der Waals surface area contributed by atoms with Gasteiger partial charge in [0.15, 0.2) is 0 Å². The van der Waals surface area contributed by atoms with E-state index in [0.29, 0.717) is 6.04 Å². The smallest absolute Gasteiger partial charge is 0.0245 e. The van der Waals surface area contributed by atoms with Gasteiger partial charge in [0.1, 0.15) is 0 Å². The molecule has 1 unspecified atom stereocenters. The fourth-order valence-corrected chi connectivity index (χ4v) is 3.35. The minimum atomic E-state index is 0.711. The highest BCUT2D eigenvalue weighted by Crippen LogP contribution is 2.19. The van der Waals surface area contributed by atoms with Crippen LogP contribution in [0.2, 0.25) is 0 Å². The Kier molecular flexibility index (Phi) is 5.01. The quantitative estimate of drug-likeness (QED) is 0.866. The van der Waals surface area contributed by atoms with E-state index in [1.165, 1.54) is 43.5 Å². The van der Waals surface area contributed by atoms with Gasteiger partial charge in [-0.1, -0.05) is 6.92 Å². The van der Waals surface area contributed by atoms with Crippen molar-refractivity contribution in [2.45, 2.75) is 45.7 Å². The van der Waals surface area contributed by atoms with Gasteiger partial charge in [-0.3, -0.25) is 4.90 Å². The van der Waals surface area contributed by atoms with Crippen LogP contribution in [-0.2, 0) is 6.54 Å². The Morgan fingerprint density at radius 1 is 1.47 bits per heavy atom. The van der Waals surface area contributed by atoms with Gasteiger partial charge in [-0.25, -0.2) is 0 Å². The van der Waals surface area contributed by atoms with E-state index in [1.54, 1.807) is 0 Å². The second-order valence-electron chi connectivity index (χ2n) is 5.11. The Balaban J connectivity index is 1.83. The molecule has 1 aromatic heterocycles. The van der Waals surface area contributed by atoms with Crippen LogP contribution in [0.5, 0.6) is 0 Å². The molecule has 0 amide bonds. The Bertz CT molecular complexity index is 335. The molecule has 2 nitrogen and oxygen atoms in total. The van der Waals surface area contributed by atoms with E-state index in [-0.39, 0.29) is 0 Å². The molecule has 2 heterocycles. The van der Waals surface area contributed by atoms with Gasteiger partial charge in [0.05, 0.1) is 0 Å². The number of likely N-dealkylation sites (tertiary alicyclic amines) is 1. The molecule has 1 fully saturated rings. The first kappa shape index (κ1) is 13.1. The zero-order valence-electron chi connectivity index (χ0n) is 11.0. The average Bonchev–Trinajstić information content (AvgIpc) is 2.73. The highest BCUT2D eigenvalue weighted by molar-refractivity contribution is 7.08. The molecule has 1 atom stereocenters. The summed E-state index contributed by atoms with van der Waals surface area (Å²) in [6, 6.07) is 0.711. The van der Waals surface area contributed by atoms with E-state index >= 15 is 0 Å². The van der Waals surface area contributed by atoms with Gasteiger partial charge in [0.25, 0.3) is 0 Å². The molecule has 1 aromatic rings. The largest absolute Gasteiger partial charge is 0.313 e. The van der Waals surface area contributed by atoms with Gasteiger partial charge in [0, 0.05) is 19.1 Å². The Morgan fingerprint density at radius 3 is 3.06 bits per heavy atom. The monoisotopic (exact) mass is 252 g/mol. The molecular weight excluding hydrogens is 228 g/mol. The fraction of sp³-hybridized carbons (Fsp3) is 0.714. The fourth-order valence-electron chi connectivity index (χ4n) is 2.50. The maximum atomic E-state index is 3.66. The minimum Gasteiger partial charge on any atom is -0.313 e. The highest BCUT2D eigenvalue weighted by atomic mass is 32.1. The topological polar surface area (TPSA) is 15.3 Å². The molecule has 1 aliphatic heterocycles. The first-order chi connectivity index (χ1) is 8.29. The van der Waals surface area contributed by atoms with Crippen LogP contribution in [0, 0.1) is 6.92 Å². The maximum absolute atomic E-state index is 3.66. The number of nitrogens with zero attached hydrogens (tertiary/aromatic N) is 1. The lowest BCUT2D eigenvalue weighted by molar-refractivity contribution is 0.183. The van der Waals surface area contributed by atoms with Gasteiger partial charge >= 0.3 is 0 Å². The van der Waals surface area contributed by atoms with Crippen molar-refractivity contribution >= 4 is 11.3 Å². The molecule has 3 heteroatoms. The molecule has 0 aliphatic carbocycles. The molecular formula is C14H24N2S. The van der Waals surface area contributed by atoms with Gasteiger partial charge in [0.2, 0.25) is 0 Å². The summed E-state index contributed by atoms with van der Waals surface area (Å²) in [4.78, 5) is 2.60. The van der Waals surface area contributed by atoms with Crippen molar-refractivity contribution in [3.05, 3.63) is 21.9 Å². The number of nitrogens with one attached hydrogen (secondary N) is 1. The molecule has 1 aliphatic rings. The SMILES string of the molecule is CCCNC1CCCN(Cc2cscc2C)C1. The summed E-state index contributed by atoms with van der Waals surface area (Å²) in [7, 11) is 0. The Hall–Kier alpha value is -0.380. The molecule has 2 rings (SSSR count). The normalized spacial score (nSPS) is 21.9. The van der Waals surface area contributed by atoms with Crippen molar-refractivity contribution in [3.63, 3.8) is 0 Å². The molecule has 0 aromatic carbocycles. The number of hydrogen-bond donors (Lipinski definition) is 1. The van der Waals surface area contributed by atoms with Crippen molar-refractivity contribution in [3.8, 4) is 0 Å². The van der Waals surface area contributed by atoms with Crippen LogP contribution < -0.4 is 5.32 Å². The van der Waals surface area contributed by atoms with Crippen LogP contribution in [0.3, 0.4) is 0 Å². The summed E-state index contributed by atoms with van der Waals surface area (Å²) in [5, 5.41) is 8.22. The lowest BCUT2D eigenvalue weighted by atomic mass is 10.0. The van der Waals surface area contributed by atoms with E-state index in [0.717, 1.165) is 13.1 Å². The standard InChI is InChI=1S/C14H24N2S/c1-3-6-15-14-5-4-7-16(9-14)8-13-11-17-10-12(13)2/h10-11,14-15H,3-9H2,1-2H3. The lowest BCUT2D eigenvalue weighted by Gasteiger charge is -2.33. The molecule has 0 saturated carbocycles. The average molecular weight is 252 g/mol. The molecule has 1 saturated heterocycles.